The Morgan fingerprint density at radius 1 is 1.28 bits per heavy atom. The van der Waals surface area contributed by atoms with Crippen molar-refractivity contribution < 1.29 is 0 Å². The molecule has 1 N–H and O–H groups in total. The third kappa shape index (κ3) is 2.00. The largest absolute Gasteiger partial charge is 0.364 e. The molecule has 18 heavy (non-hydrogen) atoms. The molecular formula is C12H12N6. The van der Waals surface area contributed by atoms with Gasteiger partial charge < -0.3 is 5.32 Å². The predicted octanol–water partition coefficient (Wildman–Crippen LogP) is 1.44. The molecule has 0 saturated heterocycles. The molecule has 3 rings (SSSR count). The summed E-state index contributed by atoms with van der Waals surface area (Å²) in [5, 5.41) is 7.42. The molecule has 6 heteroatoms. The quantitative estimate of drug-likeness (QED) is 0.750. The maximum Gasteiger partial charge on any atom is 0.254 e. The van der Waals surface area contributed by atoms with Crippen LogP contribution in [0.3, 0.4) is 0 Å². The summed E-state index contributed by atoms with van der Waals surface area (Å²) in [4.78, 5) is 12.6. The summed E-state index contributed by atoms with van der Waals surface area (Å²) in [6.07, 6.45) is 3.27. The Bertz CT molecular complexity index is 661. The van der Waals surface area contributed by atoms with E-state index in [0.717, 1.165) is 17.2 Å². The molecule has 3 heterocycles. The van der Waals surface area contributed by atoms with E-state index in [0.29, 0.717) is 12.3 Å². The van der Waals surface area contributed by atoms with Gasteiger partial charge in [-0.3, -0.25) is 4.98 Å². The number of rotatable bonds is 3. The zero-order valence-electron chi connectivity index (χ0n) is 9.91. The predicted molar refractivity (Wildman–Crippen MR) is 67.1 cm³/mol. The third-order valence-corrected chi connectivity index (χ3v) is 2.56. The Labute approximate surface area is 104 Å². The summed E-state index contributed by atoms with van der Waals surface area (Å²) < 4.78 is 1.68. The van der Waals surface area contributed by atoms with Crippen molar-refractivity contribution in [1.29, 1.82) is 0 Å². The second-order valence-electron chi connectivity index (χ2n) is 3.93. The average Bonchev–Trinajstić information content (AvgIpc) is 2.85. The minimum Gasteiger partial charge on any atom is -0.364 e. The fraction of sp³-hybridized carbons (Fsp3) is 0.167. The Balaban J connectivity index is 1.88. The van der Waals surface area contributed by atoms with Gasteiger partial charge in [0.2, 0.25) is 0 Å². The van der Waals surface area contributed by atoms with Crippen LogP contribution in [-0.2, 0) is 6.54 Å². The molecule has 0 unspecified atom stereocenters. The van der Waals surface area contributed by atoms with Crippen molar-refractivity contribution in [2.45, 2.75) is 13.5 Å². The number of aromatic nitrogens is 5. The van der Waals surface area contributed by atoms with Gasteiger partial charge in [-0.1, -0.05) is 6.07 Å². The van der Waals surface area contributed by atoms with Crippen molar-refractivity contribution in [1.82, 2.24) is 24.6 Å². The first-order valence-corrected chi connectivity index (χ1v) is 5.64. The van der Waals surface area contributed by atoms with E-state index in [1.165, 1.54) is 6.33 Å². The highest BCUT2D eigenvalue weighted by Gasteiger charge is 2.05. The highest BCUT2D eigenvalue weighted by Crippen LogP contribution is 2.10. The number of anilines is 1. The summed E-state index contributed by atoms with van der Waals surface area (Å²) >= 11 is 0. The van der Waals surface area contributed by atoms with E-state index in [9.17, 15) is 0 Å². The van der Waals surface area contributed by atoms with Gasteiger partial charge in [-0.05, 0) is 19.1 Å². The van der Waals surface area contributed by atoms with Crippen molar-refractivity contribution in [2.24, 2.45) is 0 Å². The smallest absolute Gasteiger partial charge is 0.254 e. The number of hydrogen-bond acceptors (Lipinski definition) is 5. The van der Waals surface area contributed by atoms with Crippen LogP contribution in [0.1, 0.15) is 11.4 Å². The van der Waals surface area contributed by atoms with Crippen LogP contribution in [0.15, 0.2) is 36.8 Å². The van der Waals surface area contributed by atoms with Crippen LogP contribution in [0.25, 0.3) is 5.78 Å². The fourth-order valence-electron chi connectivity index (χ4n) is 1.74. The molecule has 0 spiro atoms. The summed E-state index contributed by atoms with van der Waals surface area (Å²) in [7, 11) is 0. The molecule has 0 aliphatic carbocycles. The number of nitrogens with one attached hydrogen (secondary N) is 1. The van der Waals surface area contributed by atoms with Gasteiger partial charge in [0.15, 0.2) is 0 Å². The van der Waals surface area contributed by atoms with Crippen molar-refractivity contribution in [3.63, 3.8) is 0 Å². The summed E-state index contributed by atoms with van der Waals surface area (Å²) in [5.74, 6) is 1.46. The minimum atomic E-state index is 0.596. The van der Waals surface area contributed by atoms with E-state index in [1.807, 2.05) is 31.2 Å². The van der Waals surface area contributed by atoms with Gasteiger partial charge in [0, 0.05) is 18.0 Å². The Kier molecular flexibility index (Phi) is 2.60. The normalized spacial score (nSPS) is 10.7. The zero-order valence-corrected chi connectivity index (χ0v) is 9.91. The van der Waals surface area contributed by atoms with E-state index < -0.39 is 0 Å². The number of hydrogen-bond donors (Lipinski definition) is 1. The molecule has 0 aliphatic heterocycles. The van der Waals surface area contributed by atoms with Gasteiger partial charge in [-0.25, -0.2) is 4.98 Å². The maximum atomic E-state index is 4.29. The molecule has 0 fully saturated rings. The van der Waals surface area contributed by atoms with Gasteiger partial charge >= 0.3 is 0 Å². The van der Waals surface area contributed by atoms with Crippen LogP contribution in [0.4, 0.5) is 5.82 Å². The van der Waals surface area contributed by atoms with Crippen LogP contribution in [-0.4, -0.2) is 24.6 Å². The standard InChI is InChI=1S/C12H12N6/c1-9-6-11(18-12(17-9)15-8-16-18)14-7-10-4-2-3-5-13-10/h2-6,8,14H,7H2,1H3. The Morgan fingerprint density at radius 3 is 3.06 bits per heavy atom. The molecule has 3 aromatic rings. The van der Waals surface area contributed by atoms with E-state index >= 15 is 0 Å². The monoisotopic (exact) mass is 240 g/mol. The maximum absolute atomic E-state index is 4.29. The van der Waals surface area contributed by atoms with Crippen LogP contribution < -0.4 is 5.32 Å². The van der Waals surface area contributed by atoms with Gasteiger partial charge in [-0.15, -0.1) is 0 Å². The highest BCUT2D eigenvalue weighted by atomic mass is 15.3. The molecule has 0 atom stereocenters. The Hall–Kier alpha value is -2.50. The summed E-state index contributed by atoms with van der Waals surface area (Å²) in [6.45, 7) is 2.57. The van der Waals surface area contributed by atoms with Gasteiger partial charge in [0.05, 0.1) is 12.2 Å². The van der Waals surface area contributed by atoms with Crippen molar-refractivity contribution in [2.75, 3.05) is 5.32 Å². The van der Waals surface area contributed by atoms with Crippen molar-refractivity contribution >= 4 is 11.6 Å². The second-order valence-corrected chi connectivity index (χ2v) is 3.93. The molecule has 0 aliphatic rings. The van der Waals surface area contributed by atoms with Crippen LogP contribution in [0, 0.1) is 6.92 Å². The lowest BCUT2D eigenvalue weighted by Crippen LogP contribution is -2.07. The van der Waals surface area contributed by atoms with Crippen LogP contribution in [0.5, 0.6) is 0 Å². The van der Waals surface area contributed by atoms with Gasteiger partial charge in [0.1, 0.15) is 12.1 Å². The van der Waals surface area contributed by atoms with Crippen LogP contribution >= 0.6 is 0 Å². The molecule has 0 amide bonds. The van der Waals surface area contributed by atoms with E-state index in [-0.39, 0.29) is 0 Å². The summed E-state index contributed by atoms with van der Waals surface area (Å²) in [5.41, 5.74) is 1.87. The molecule has 90 valence electrons. The number of nitrogens with zero attached hydrogens (tertiary/aromatic N) is 5. The highest BCUT2D eigenvalue weighted by molar-refractivity contribution is 5.44. The third-order valence-electron chi connectivity index (χ3n) is 2.56. The SMILES string of the molecule is Cc1cc(NCc2ccccn2)n2ncnc2n1. The number of fused-ring (bicyclic) bond motifs is 1. The first kappa shape index (κ1) is 10.6. The molecule has 0 aromatic carbocycles. The molecule has 6 nitrogen and oxygen atoms in total. The lowest BCUT2D eigenvalue weighted by atomic mass is 10.3. The zero-order chi connectivity index (χ0) is 12.4. The van der Waals surface area contributed by atoms with E-state index in [1.54, 1.807) is 10.7 Å². The number of pyridine rings is 1. The second kappa shape index (κ2) is 4.40. The van der Waals surface area contributed by atoms with E-state index in [2.05, 4.69) is 25.4 Å². The van der Waals surface area contributed by atoms with Crippen molar-refractivity contribution in [3.8, 4) is 0 Å². The molecule has 3 aromatic heterocycles. The summed E-state index contributed by atoms with van der Waals surface area (Å²) in [6, 6.07) is 7.77. The Morgan fingerprint density at radius 2 is 2.22 bits per heavy atom. The topological polar surface area (TPSA) is 68.0 Å². The van der Waals surface area contributed by atoms with Gasteiger partial charge in [-0.2, -0.15) is 14.6 Å². The first-order valence-electron chi connectivity index (χ1n) is 5.64. The lowest BCUT2D eigenvalue weighted by Gasteiger charge is -2.07. The molecule has 0 bridgehead atoms. The lowest BCUT2D eigenvalue weighted by molar-refractivity contribution is 0.908. The van der Waals surface area contributed by atoms with E-state index in [4.69, 9.17) is 0 Å². The number of aryl methyl sites for hydroxylation is 1. The van der Waals surface area contributed by atoms with Crippen molar-refractivity contribution in [3.05, 3.63) is 48.2 Å². The first-order chi connectivity index (χ1) is 8.83. The molecular weight excluding hydrogens is 228 g/mol. The minimum absolute atomic E-state index is 0.596. The van der Waals surface area contributed by atoms with Crippen LogP contribution in [0.2, 0.25) is 0 Å². The van der Waals surface area contributed by atoms with Gasteiger partial charge in [0.25, 0.3) is 5.78 Å². The fourth-order valence-corrected chi connectivity index (χ4v) is 1.74. The average molecular weight is 240 g/mol. The molecule has 0 saturated carbocycles. The molecule has 0 radical (unpaired) electrons.